The van der Waals surface area contributed by atoms with Crippen molar-refractivity contribution in [3.8, 4) is 5.69 Å². The van der Waals surface area contributed by atoms with E-state index in [1.807, 2.05) is 50.8 Å². The Morgan fingerprint density at radius 3 is 2.81 bits per heavy atom. The van der Waals surface area contributed by atoms with E-state index in [1.54, 1.807) is 15.9 Å². The SMILES string of the molecule is CCc1c(C)sc2nc(SCC(=O)N3CCO[C@@H](C)C3)n(-c3cc(C)ccc3C)c(=O)c12. The number of hydrogen-bond acceptors (Lipinski definition) is 6. The van der Waals surface area contributed by atoms with E-state index < -0.39 is 0 Å². The molecule has 8 heteroatoms. The van der Waals surface area contributed by atoms with Gasteiger partial charge in [-0.2, -0.15) is 0 Å². The predicted octanol–water partition coefficient (Wildman–Crippen LogP) is 4.27. The Hall–Kier alpha value is -2.16. The van der Waals surface area contributed by atoms with Crippen LogP contribution >= 0.6 is 23.1 Å². The summed E-state index contributed by atoms with van der Waals surface area (Å²) in [6, 6.07) is 6.08. The molecule has 4 rings (SSSR count). The summed E-state index contributed by atoms with van der Waals surface area (Å²) in [5.74, 6) is 0.282. The highest BCUT2D eigenvalue weighted by atomic mass is 32.2. The second kappa shape index (κ2) is 9.37. The lowest BCUT2D eigenvalue weighted by molar-refractivity contribution is -0.135. The first kappa shape index (κ1) is 23.0. The molecule has 1 saturated heterocycles. The molecule has 1 aromatic carbocycles. The van der Waals surface area contributed by atoms with E-state index in [9.17, 15) is 9.59 Å². The van der Waals surface area contributed by atoms with Crippen LogP contribution in [0.5, 0.6) is 0 Å². The van der Waals surface area contributed by atoms with Crippen LogP contribution in [0.1, 0.15) is 35.4 Å². The van der Waals surface area contributed by atoms with Crippen molar-refractivity contribution in [3.63, 3.8) is 0 Å². The van der Waals surface area contributed by atoms with E-state index in [0.717, 1.165) is 38.5 Å². The number of amides is 1. The molecule has 0 saturated carbocycles. The number of thiophene rings is 1. The molecule has 32 heavy (non-hydrogen) atoms. The number of morpholine rings is 1. The van der Waals surface area contributed by atoms with Crippen molar-refractivity contribution in [2.75, 3.05) is 25.4 Å². The molecule has 1 fully saturated rings. The van der Waals surface area contributed by atoms with Crippen LogP contribution in [0.25, 0.3) is 15.9 Å². The van der Waals surface area contributed by atoms with Gasteiger partial charge in [0.1, 0.15) is 4.83 Å². The second-order valence-corrected chi connectivity index (χ2v) is 10.5. The van der Waals surface area contributed by atoms with E-state index in [4.69, 9.17) is 9.72 Å². The van der Waals surface area contributed by atoms with E-state index in [0.29, 0.717) is 30.2 Å². The Morgan fingerprint density at radius 1 is 1.31 bits per heavy atom. The van der Waals surface area contributed by atoms with Crippen molar-refractivity contribution in [3.05, 3.63) is 50.1 Å². The molecule has 6 nitrogen and oxygen atoms in total. The molecule has 0 radical (unpaired) electrons. The van der Waals surface area contributed by atoms with Gasteiger partial charge in [0.15, 0.2) is 5.16 Å². The fraction of sp³-hybridized carbons (Fsp3) is 0.458. The minimum Gasteiger partial charge on any atom is -0.375 e. The van der Waals surface area contributed by atoms with E-state index in [2.05, 4.69) is 6.92 Å². The summed E-state index contributed by atoms with van der Waals surface area (Å²) in [6.45, 7) is 11.9. The average Bonchev–Trinajstić information content (AvgIpc) is 3.09. The first-order valence-electron chi connectivity index (χ1n) is 10.9. The van der Waals surface area contributed by atoms with Gasteiger partial charge in [-0.15, -0.1) is 11.3 Å². The maximum absolute atomic E-state index is 13.8. The third-order valence-electron chi connectivity index (χ3n) is 5.87. The monoisotopic (exact) mass is 471 g/mol. The Morgan fingerprint density at radius 2 is 2.09 bits per heavy atom. The smallest absolute Gasteiger partial charge is 0.267 e. The van der Waals surface area contributed by atoms with Crippen molar-refractivity contribution >= 4 is 39.2 Å². The van der Waals surface area contributed by atoms with Crippen LogP contribution in [0.2, 0.25) is 0 Å². The molecule has 0 N–H and O–H groups in total. The predicted molar refractivity (Wildman–Crippen MR) is 132 cm³/mol. The quantitative estimate of drug-likeness (QED) is 0.411. The van der Waals surface area contributed by atoms with Gasteiger partial charge in [0, 0.05) is 18.0 Å². The summed E-state index contributed by atoms with van der Waals surface area (Å²) in [5, 5.41) is 1.27. The van der Waals surface area contributed by atoms with Gasteiger partial charge in [0.25, 0.3) is 5.56 Å². The lowest BCUT2D eigenvalue weighted by atomic mass is 10.1. The molecular formula is C24H29N3O3S2. The number of benzene rings is 1. The van der Waals surface area contributed by atoms with Gasteiger partial charge in [-0.25, -0.2) is 4.98 Å². The number of aryl methyl sites for hydroxylation is 4. The second-order valence-electron chi connectivity index (χ2n) is 8.31. The lowest BCUT2D eigenvalue weighted by Gasteiger charge is -2.31. The van der Waals surface area contributed by atoms with E-state index >= 15 is 0 Å². The number of fused-ring (bicyclic) bond motifs is 1. The molecule has 0 bridgehead atoms. The summed E-state index contributed by atoms with van der Waals surface area (Å²) < 4.78 is 7.26. The zero-order valence-corrected chi connectivity index (χ0v) is 20.9. The van der Waals surface area contributed by atoms with Crippen molar-refractivity contribution < 1.29 is 9.53 Å². The largest absolute Gasteiger partial charge is 0.375 e. The van der Waals surface area contributed by atoms with E-state index in [-0.39, 0.29) is 23.3 Å². The zero-order chi connectivity index (χ0) is 23.0. The van der Waals surface area contributed by atoms with Gasteiger partial charge >= 0.3 is 0 Å². The summed E-state index contributed by atoms with van der Waals surface area (Å²) in [6.07, 6.45) is 0.831. The fourth-order valence-corrected chi connectivity index (χ4v) is 6.22. The molecule has 1 amide bonds. The van der Waals surface area contributed by atoms with Crippen molar-refractivity contribution in [2.24, 2.45) is 0 Å². The number of hydrogen-bond donors (Lipinski definition) is 0. The third-order valence-corrected chi connectivity index (χ3v) is 7.84. The number of carbonyl (C=O) groups is 1. The maximum atomic E-state index is 13.8. The van der Waals surface area contributed by atoms with E-state index in [1.165, 1.54) is 11.8 Å². The van der Waals surface area contributed by atoms with Gasteiger partial charge in [-0.1, -0.05) is 30.8 Å². The van der Waals surface area contributed by atoms with Gasteiger partial charge in [0.05, 0.1) is 29.5 Å². The first-order valence-corrected chi connectivity index (χ1v) is 12.7. The normalized spacial score (nSPS) is 16.7. The Balaban J connectivity index is 1.79. The molecule has 1 aliphatic rings. The highest BCUT2D eigenvalue weighted by Crippen LogP contribution is 2.31. The molecule has 3 heterocycles. The number of aromatic nitrogens is 2. The molecule has 1 atom stereocenters. The molecule has 2 aromatic heterocycles. The zero-order valence-electron chi connectivity index (χ0n) is 19.2. The van der Waals surface area contributed by atoms with Gasteiger partial charge < -0.3 is 9.64 Å². The molecule has 0 spiro atoms. The Kier molecular flexibility index (Phi) is 6.74. The van der Waals surface area contributed by atoms with Crippen molar-refractivity contribution in [1.29, 1.82) is 0 Å². The third kappa shape index (κ3) is 4.36. The number of ether oxygens (including phenoxy) is 1. The van der Waals surface area contributed by atoms with Crippen LogP contribution < -0.4 is 5.56 Å². The Bertz CT molecular complexity index is 1230. The fourth-order valence-electron chi connectivity index (χ4n) is 4.16. The van der Waals surface area contributed by atoms with Crippen LogP contribution in [-0.2, 0) is 16.0 Å². The summed E-state index contributed by atoms with van der Waals surface area (Å²) in [4.78, 5) is 35.3. The van der Waals surface area contributed by atoms with Gasteiger partial charge in [0.2, 0.25) is 5.91 Å². The van der Waals surface area contributed by atoms with Crippen LogP contribution in [0, 0.1) is 20.8 Å². The van der Waals surface area contributed by atoms with Gasteiger partial charge in [-0.3, -0.25) is 14.2 Å². The minimum absolute atomic E-state index is 0.0434. The number of thioether (sulfide) groups is 1. The topological polar surface area (TPSA) is 64.4 Å². The van der Waals surface area contributed by atoms with Crippen LogP contribution in [0.4, 0.5) is 0 Å². The molecule has 1 aliphatic heterocycles. The van der Waals surface area contributed by atoms with Crippen LogP contribution in [0.15, 0.2) is 28.2 Å². The van der Waals surface area contributed by atoms with Gasteiger partial charge in [-0.05, 0) is 56.9 Å². The number of rotatable bonds is 5. The molecule has 3 aromatic rings. The highest BCUT2D eigenvalue weighted by Gasteiger charge is 2.24. The first-order chi connectivity index (χ1) is 15.3. The number of nitrogens with zero attached hydrogens (tertiary/aromatic N) is 3. The summed E-state index contributed by atoms with van der Waals surface area (Å²) in [5.41, 5.74) is 3.91. The standard InChI is InChI=1S/C24H29N3O3S2/c1-6-18-17(5)32-22-21(18)23(29)27(19-11-14(2)7-8-15(19)3)24(25-22)31-13-20(28)26-9-10-30-16(4)12-26/h7-8,11,16H,6,9-10,12-13H2,1-5H3/t16-/m0/s1. The molecule has 170 valence electrons. The summed E-state index contributed by atoms with van der Waals surface area (Å²) in [7, 11) is 0. The lowest BCUT2D eigenvalue weighted by Crippen LogP contribution is -2.45. The Labute approximate surface area is 196 Å². The minimum atomic E-state index is -0.0557. The van der Waals surface area contributed by atoms with Crippen molar-refractivity contribution in [1.82, 2.24) is 14.5 Å². The molecule has 0 aliphatic carbocycles. The van der Waals surface area contributed by atoms with Crippen molar-refractivity contribution in [2.45, 2.75) is 52.3 Å². The highest BCUT2D eigenvalue weighted by molar-refractivity contribution is 7.99. The number of carbonyl (C=O) groups excluding carboxylic acids is 1. The summed E-state index contributed by atoms with van der Waals surface area (Å²) >= 11 is 2.89. The maximum Gasteiger partial charge on any atom is 0.267 e. The molecular weight excluding hydrogens is 442 g/mol. The molecule has 0 unspecified atom stereocenters. The van der Waals surface area contributed by atoms with Crippen LogP contribution in [-0.4, -0.2) is 51.9 Å². The van der Waals surface area contributed by atoms with Crippen LogP contribution in [0.3, 0.4) is 0 Å². The average molecular weight is 472 g/mol.